The Balaban J connectivity index is 2.37. The molecule has 2 heterocycles. The molecule has 96 valence electrons. The second-order valence-corrected chi connectivity index (χ2v) is 5.31. The average molecular weight is 245 g/mol. The maximum Gasteiger partial charge on any atom is 0.329 e. The molecule has 1 aromatic heterocycles. The predicted molar refractivity (Wildman–Crippen MR) is 73.2 cm³/mol. The van der Waals surface area contributed by atoms with Crippen LogP contribution in [0.4, 0.5) is 0 Å². The molecule has 0 saturated carbocycles. The van der Waals surface area contributed by atoms with Crippen molar-refractivity contribution in [2.24, 2.45) is 7.05 Å². The molecule has 0 bridgehead atoms. The van der Waals surface area contributed by atoms with Crippen molar-refractivity contribution in [3.63, 3.8) is 0 Å². The van der Waals surface area contributed by atoms with E-state index in [1.807, 2.05) is 11.6 Å². The summed E-state index contributed by atoms with van der Waals surface area (Å²) in [5.41, 5.74) is 4.64. The van der Waals surface area contributed by atoms with Crippen molar-refractivity contribution in [1.82, 2.24) is 14.5 Å². The molecular formula is C14H19N3O. The van der Waals surface area contributed by atoms with Crippen molar-refractivity contribution in [2.75, 3.05) is 13.1 Å². The van der Waals surface area contributed by atoms with Crippen molar-refractivity contribution < 1.29 is 0 Å². The van der Waals surface area contributed by atoms with Crippen LogP contribution in [-0.4, -0.2) is 22.2 Å². The van der Waals surface area contributed by atoms with Gasteiger partial charge in [-0.2, -0.15) is 0 Å². The molecule has 4 nitrogen and oxygen atoms in total. The molecule has 1 saturated heterocycles. The highest BCUT2D eigenvalue weighted by Crippen LogP contribution is 2.24. The van der Waals surface area contributed by atoms with Crippen LogP contribution in [0, 0.1) is 13.8 Å². The van der Waals surface area contributed by atoms with E-state index in [-0.39, 0.29) is 5.69 Å². The smallest absolute Gasteiger partial charge is 0.315 e. The second-order valence-electron chi connectivity index (χ2n) is 5.31. The number of benzene rings is 1. The number of rotatable bonds is 1. The van der Waals surface area contributed by atoms with Crippen LogP contribution in [-0.2, 0) is 7.05 Å². The van der Waals surface area contributed by atoms with E-state index in [1.54, 1.807) is 4.57 Å². The van der Waals surface area contributed by atoms with E-state index >= 15 is 0 Å². The van der Waals surface area contributed by atoms with E-state index in [4.69, 9.17) is 0 Å². The van der Waals surface area contributed by atoms with Gasteiger partial charge in [0.25, 0.3) is 0 Å². The van der Waals surface area contributed by atoms with Gasteiger partial charge in [0.05, 0.1) is 17.1 Å². The molecular weight excluding hydrogens is 226 g/mol. The molecule has 0 amide bonds. The van der Waals surface area contributed by atoms with Crippen molar-refractivity contribution >= 4 is 11.0 Å². The second kappa shape index (κ2) is 3.99. The lowest BCUT2D eigenvalue weighted by Gasteiger charge is -2.11. The van der Waals surface area contributed by atoms with Crippen LogP contribution in [0.2, 0.25) is 0 Å². The van der Waals surface area contributed by atoms with Crippen LogP contribution in [0.15, 0.2) is 16.9 Å². The number of aromatic nitrogens is 2. The minimum absolute atomic E-state index is 0.104. The van der Waals surface area contributed by atoms with E-state index in [0.29, 0.717) is 6.04 Å². The lowest BCUT2D eigenvalue weighted by Crippen LogP contribution is -2.27. The maximum absolute atomic E-state index is 12.4. The molecule has 0 aliphatic carbocycles. The third-order valence-electron chi connectivity index (χ3n) is 3.91. The summed E-state index contributed by atoms with van der Waals surface area (Å²) in [6.45, 7) is 6.05. The number of nitrogens with one attached hydrogen (secondary N) is 1. The van der Waals surface area contributed by atoms with Gasteiger partial charge >= 0.3 is 5.69 Å². The summed E-state index contributed by atoms with van der Waals surface area (Å²) < 4.78 is 3.75. The molecule has 0 radical (unpaired) electrons. The minimum atomic E-state index is 0.104. The third kappa shape index (κ3) is 1.52. The van der Waals surface area contributed by atoms with Crippen molar-refractivity contribution in [1.29, 1.82) is 0 Å². The van der Waals surface area contributed by atoms with E-state index in [9.17, 15) is 4.79 Å². The highest BCUT2D eigenvalue weighted by Gasteiger charge is 2.22. The molecule has 1 aliphatic rings. The van der Waals surface area contributed by atoms with Gasteiger partial charge < -0.3 is 5.32 Å². The zero-order valence-electron chi connectivity index (χ0n) is 11.2. The number of fused-ring (bicyclic) bond motifs is 1. The van der Waals surface area contributed by atoms with Gasteiger partial charge in [0.2, 0.25) is 0 Å². The molecule has 1 fully saturated rings. The molecule has 4 heteroatoms. The fourth-order valence-corrected chi connectivity index (χ4v) is 3.13. The Bertz CT molecular complexity index is 660. The lowest BCUT2D eigenvalue weighted by atomic mass is 10.1. The summed E-state index contributed by atoms with van der Waals surface area (Å²) in [6, 6.07) is 4.56. The Labute approximate surface area is 106 Å². The largest absolute Gasteiger partial charge is 0.329 e. The van der Waals surface area contributed by atoms with Gasteiger partial charge in [-0.05, 0) is 44.0 Å². The Morgan fingerprint density at radius 1 is 1.33 bits per heavy atom. The van der Waals surface area contributed by atoms with Crippen molar-refractivity contribution in [3.8, 4) is 0 Å². The Kier molecular flexibility index (Phi) is 2.55. The van der Waals surface area contributed by atoms with Gasteiger partial charge in [-0.15, -0.1) is 0 Å². The number of hydrogen-bond acceptors (Lipinski definition) is 2. The first-order valence-electron chi connectivity index (χ1n) is 6.48. The minimum Gasteiger partial charge on any atom is -0.315 e. The van der Waals surface area contributed by atoms with Gasteiger partial charge in [0, 0.05) is 13.6 Å². The summed E-state index contributed by atoms with van der Waals surface area (Å²) in [5.74, 6) is 0. The first-order valence-corrected chi connectivity index (χ1v) is 6.48. The molecule has 1 atom stereocenters. The average Bonchev–Trinajstić information content (AvgIpc) is 2.88. The maximum atomic E-state index is 12.4. The fraction of sp³-hybridized carbons (Fsp3) is 0.500. The van der Waals surface area contributed by atoms with E-state index in [1.165, 1.54) is 11.1 Å². The summed E-state index contributed by atoms with van der Waals surface area (Å²) >= 11 is 0. The molecule has 1 aromatic carbocycles. The van der Waals surface area contributed by atoms with Crippen molar-refractivity contribution in [3.05, 3.63) is 33.7 Å². The van der Waals surface area contributed by atoms with Crippen LogP contribution in [0.5, 0.6) is 0 Å². The van der Waals surface area contributed by atoms with Crippen LogP contribution >= 0.6 is 0 Å². The van der Waals surface area contributed by atoms with Gasteiger partial charge in [-0.1, -0.05) is 6.07 Å². The fourth-order valence-electron chi connectivity index (χ4n) is 3.13. The third-order valence-corrected chi connectivity index (χ3v) is 3.91. The normalized spacial score (nSPS) is 19.8. The van der Waals surface area contributed by atoms with Crippen molar-refractivity contribution in [2.45, 2.75) is 26.3 Å². The molecule has 1 aliphatic heterocycles. The Morgan fingerprint density at radius 2 is 2.11 bits per heavy atom. The van der Waals surface area contributed by atoms with Crippen LogP contribution in [0.25, 0.3) is 11.0 Å². The molecule has 18 heavy (non-hydrogen) atoms. The molecule has 2 aromatic rings. The zero-order chi connectivity index (χ0) is 12.9. The SMILES string of the molecule is Cc1cc(C)c2c(c1)n(C1CCNC1)c(=O)n2C. The molecule has 1 unspecified atom stereocenters. The standard InChI is InChI=1S/C14H19N3O/c1-9-6-10(2)13-12(7-9)17(14(18)16(13)3)11-4-5-15-8-11/h6-7,11,15H,4-5,8H2,1-3H3. The van der Waals surface area contributed by atoms with Crippen LogP contribution in [0.1, 0.15) is 23.6 Å². The molecule has 3 rings (SSSR count). The highest BCUT2D eigenvalue weighted by molar-refractivity contribution is 5.80. The molecule has 1 N–H and O–H groups in total. The molecule has 0 spiro atoms. The Hall–Kier alpha value is -1.55. The summed E-state index contributed by atoms with van der Waals surface area (Å²) in [7, 11) is 1.87. The summed E-state index contributed by atoms with van der Waals surface area (Å²) in [4.78, 5) is 12.4. The van der Waals surface area contributed by atoms with E-state index < -0.39 is 0 Å². The number of nitrogens with zero attached hydrogens (tertiary/aromatic N) is 2. The number of hydrogen-bond donors (Lipinski definition) is 1. The first-order chi connectivity index (χ1) is 8.59. The van der Waals surface area contributed by atoms with Gasteiger partial charge in [0.1, 0.15) is 0 Å². The van der Waals surface area contributed by atoms with Gasteiger partial charge in [-0.25, -0.2) is 4.79 Å². The summed E-state index contributed by atoms with van der Waals surface area (Å²) in [5, 5.41) is 3.33. The number of imidazole rings is 1. The predicted octanol–water partition coefficient (Wildman–Crippen LogP) is 1.49. The van der Waals surface area contributed by atoms with Gasteiger partial charge in [0.15, 0.2) is 0 Å². The zero-order valence-corrected chi connectivity index (χ0v) is 11.2. The van der Waals surface area contributed by atoms with E-state index in [2.05, 4.69) is 31.3 Å². The first kappa shape index (κ1) is 11.5. The van der Waals surface area contributed by atoms with E-state index in [0.717, 1.165) is 30.5 Å². The van der Waals surface area contributed by atoms with Gasteiger partial charge in [-0.3, -0.25) is 9.13 Å². The lowest BCUT2D eigenvalue weighted by molar-refractivity contribution is 0.535. The topological polar surface area (TPSA) is 39.0 Å². The summed E-state index contributed by atoms with van der Waals surface area (Å²) in [6.07, 6.45) is 1.03. The highest BCUT2D eigenvalue weighted by atomic mass is 16.1. The monoisotopic (exact) mass is 245 g/mol. The quantitative estimate of drug-likeness (QED) is 0.826. The van der Waals surface area contributed by atoms with Crippen LogP contribution in [0.3, 0.4) is 0 Å². The number of aryl methyl sites for hydroxylation is 3. The van der Waals surface area contributed by atoms with Crippen LogP contribution < -0.4 is 11.0 Å². The Morgan fingerprint density at radius 3 is 2.78 bits per heavy atom.